The van der Waals surface area contributed by atoms with Crippen molar-refractivity contribution < 1.29 is 14.3 Å². The SMILES string of the molecule is CC(C)(C)OB(O)Oc1cccc2c1[nH]c1ccccc12. The number of aromatic nitrogens is 1. The van der Waals surface area contributed by atoms with Crippen LogP contribution in [0.3, 0.4) is 0 Å². The molecule has 0 saturated carbocycles. The molecule has 2 N–H and O–H groups in total. The molecule has 5 heteroatoms. The third-order valence-electron chi connectivity index (χ3n) is 3.19. The van der Waals surface area contributed by atoms with Gasteiger partial charge in [0.05, 0.1) is 5.52 Å². The van der Waals surface area contributed by atoms with E-state index in [1.165, 1.54) is 0 Å². The standard InChI is InChI=1S/C16H18BNO3/c1-16(2,3)21-17(19)20-14-10-6-8-12-11-7-4-5-9-13(11)18-15(12)14/h4-10,18-19H,1-3H3. The summed E-state index contributed by atoms with van der Waals surface area (Å²) < 4.78 is 10.9. The first-order chi connectivity index (χ1) is 9.94. The Balaban J connectivity index is 1.99. The second kappa shape index (κ2) is 5.09. The minimum absolute atomic E-state index is 0.478. The third kappa shape index (κ3) is 2.89. The zero-order chi connectivity index (χ0) is 15.0. The molecule has 3 rings (SSSR count). The first kappa shape index (κ1) is 14.0. The Kier molecular flexibility index (Phi) is 3.39. The van der Waals surface area contributed by atoms with Crippen LogP contribution in [0.5, 0.6) is 5.75 Å². The highest BCUT2D eigenvalue weighted by Crippen LogP contribution is 2.31. The Labute approximate surface area is 123 Å². The predicted molar refractivity (Wildman–Crippen MR) is 85.2 cm³/mol. The maximum Gasteiger partial charge on any atom is 0.710 e. The summed E-state index contributed by atoms with van der Waals surface area (Å²) in [6.07, 6.45) is 0. The van der Waals surface area contributed by atoms with Crippen LogP contribution in [0.1, 0.15) is 20.8 Å². The number of rotatable bonds is 3. The van der Waals surface area contributed by atoms with E-state index in [-0.39, 0.29) is 0 Å². The summed E-state index contributed by atoms with van der Waals surface area (Å²) >= 11 is 0. The molecule has 3 aromatic rings. The van der Waals surface area contributed by atoms with Gasteiger partial charge >= 0.3 is 7.32 Å². The van der Waals surface area contributed by atoms with Crippen molar-refractivity contribution in [1.82, 2.24) is 4.98 Å². The van der Waals surface area contributed by atoms with Crippen LogP contribution < -0.4 is 4.65 Å². The Morgan fingerprint density at radius 2 is 1.71 bits per heavy atom. The second-order valence-corrected chi connectivity index (χ2v) is 6.00. The minimum Gasteiger partial charge on any atom is -0.510 e. The van der Waals surface area contributed by atoms with Crippen molar-refractivity contribution in [2.45, 2.75) is 26.4 Å². The molecule has 0 bridgehead atoms. The molecule has 0 aliphatic rings. The van der Waals surface area contributed by atoms with Crippen molar-refractivity contribution in [3.05, 3.63) is 42.5 Å². The van der Waals surface area contributed by atoms with Gasteiger partial charge in [-0.15, -0.1) is 0 Å². The van der Waals surface area contributed by atoms with Crippen molar-refractivity contribution in [2.75, 3.05) is 0 Å². The number of H-pyrrole nitrogens is 1. The molecule has 0 spiro atoms. The molecule has 0 atom stereocenters. The molecule has 1 aromatic heterocycles. The number of nitrogens with one attached hydrogen (secondary N) is 1. The number of benzene rings is 2. The minimum atomic E-state index is -1.30. The molecule has 4 nitrogen and oxygen atoms in total. The normalized spacial score (nSPS) is 12.0. The molecule has 1 heterocycles. The van der Waals surface area contributed by atoms with Gasteiger partial charge in [-0.05, 0) is 32.9 Å². The lowest BCUT2D eigenvalue weighted by molar-refractivity contribution is 0.0699. The van der Waals surface area contributed by atoms with Crippen LogP contribution in [-0.4, -0.2) is 22.9 Å². The van der Waals surface area contributed by atoms with Crippen molar-refractivity contribution in [2.24, 2.45) is 0 Å². The summed E-state index contributed by atoms with van der Waals surface area (Å²) in [6.45, 7) is 5.59. The van der Waals surface area contributed by atoms with Gasteiger partial charge in [0.15, 0.2) is 0 Å². The van der Waals surface area contributed by atoms with E-state index in [1.807, 2.05) is 57.2 Å². The quantitative estimate of drug-likeness (QED) is 0.723. The number of aromatic amines is 1. The lowest BCUT2D eigenvalue weighted by Crippen LogP contribution is -2.35. The smallest absolute Gasteiger partial charge is 0.510 e. The zero-order valence-corrected chi connectivity index (χ0v) is 12.4. The Morgan fingerprint density at radius 3 is 2.48 bits per heavy atom. The van der Waals surface area contributed by atoms with Gasteiger partial charge in [-0.1, -0.05) is 30.3 Å². The average Bonchev–Trinajstić information content (AvgIpc) is 2.76. The summed E-state index contributed by atoms with van der Waals surface area (Å²) in [4.78, 5) is 3.32. The van der Waals surface area contributed by atoms with Crippen LogP contribution >= 0.6 is 0 Å². The Hall–Kier alpha value is -1.98. The summed E-state index contributed by atoms with van der Waals surface area (Å²) in [5.74, 6) is 0.570. The van der Waals surface area contributed by atoms with E-state index in [2.05, 4.69) is 11.1 Å². The topological polar surface area (TPSA) is 54.5 Å². The predicted octanol–water partition coefficient (Wildman–Crippen LogP) is 3.49. The summed E-state index contributed by atoms with van der Waals surface area (Å²) in [5.41, 5.74) is 1.42. The zero-order valence-electron chi connectivity index (χ0n) is 12.4. The first-order valence-corrected chi connectivity index (χ1v) is 6.96. The molecule has 0 unspecified atom stereocenters. The van der Waals surface area contributed by atoms with Gasteiger partial charge < -0.3 is 19.3 Å². The monoisotopic (exact) mass is 283 g/mol. The van der Waals surface area contributed by atoms with E-state index >= 15 is 0 Å². The van der Waals surface area contributed by atoms with Gasteiger partial charge in [0.1, 0.15) is 5.75 Å². The lowest BCUT2D eigenvalue weighted by Gasteiger charge is -2.21. The summed E-state index contributed by atoms with van der Waals surface area (Å²) in [6, 6.07) is 13.8. The molecule has 0 amide bonds. The van der Waals surface area contributed by atoms with Crippen molar-refractivity contribution in [1.29, 1.82) is 0 Å². The highest BCUT2D eigenvalue weighted by Gasteiger charge is 2.27. The van der Waals surface area contributed by atoms with E-state index in [0.717, 1.165) is 21.8 Å². The van der Waals surface area contributed by atoms with E-state index in [0.29, 0.717) is 5.75 Å². The fourth-order valence-electron chi connectivity index (χ4n) is 2.38. The van der Waals surface area contributed by atoms with Crippen molar-refractivity contribution in [3.63, 3.8) is 0 Å². The Bertz CT molecular complexity index is 776. The fourth-order valence-corrected chi connectivity index (χ4v) is 2.38. The average molecular weight is 283 g/mol. The molecule has 108 valence electrons. The number of para-hydroxylation sites is 2. The van der Waals surface area contributed by atoms with Crippen LogP contribution in [0.4, 0.5) is 0 Å². The van der Waals surface area contributed by atoms with Gasteiger partial charge in [0.25, 0.3) is 0 Å². The third-order valence-corrected chi connectivity index (χ3v) is 3.19. The summed E-state index contributed by atoms with van der Waals surface area (Å²) in [5, 5.41) is 12.1. The first-order valence-electron chi connectivity index (χ1n) is 6.96. The van der Waals surface area contributed by atoms with Gasteiger partial charge in [-0.25, -0.2) is 0 Å². The molecular formula is C16H18BNO3. The highest BCUT2D eigenvalue weighted by molar-refractivity contribution is 6.36. The van der Waals surface area contributed by atoms with Crippen LogP contribution in [0.25, 0.3) is 21.8 Å². The van der Waals surface area contributed by atoms with Crippen molar-refractivity contribution in [3.8, 4) is 5.75 Å². The molecule has 2 aromatic carbocycles. The Morgan fingerprint density at radius 1 is 1.00 bits per heavy atom. The largest absolute Gasteiger partial charge is 0.710 e. The number of hydrogen-bond donors (Lipinski definition) is 2. The second-order valence-electron chi connectivity index (χ2n) is 6.00. The van der Waals surface area contributed by atoms with Gasteiger partial charge in [0, 0.05) is 21.9 Å². The van der Waals surface area contributed by atoms with E-state index in [4.69, 9.17) is 9.31 Å². The number of fused-ring (bicyclic) bond motifs is 3. The van der Waals surface area contributed by atoms with E-state index in [9.17, 15) is 5.02 Å². The van der Waals surface area contributed by atoms with Gasteiger partial charge in [-0.2, -0.15) is 0 Å². The summed E-state index contributed by atoms with van der Waals surface area (Å²) in [7, 11) is -1.30. The molecular weight excluding hydrogens is 265 g/mol. The van der Waals surface area contributed by atoms with Crippen LogP contribution in [-0.2, 0) is 4.65 Å². The van der Waals surface area contributed by atoms with Crippen LogP contribution in [0.15, 0.2) is 42.5 Å². The maximum absolute atomic E-state index is 9.91. The van der Waals surface area contributed by atoms with Gasteiger partial charge in [-0.3, -0.25) is 0 Å². The van der Waals surface area contributed by atoms with E-state index in [1.54, 1.807) is 0 Å². The number of hydrogen-bond acceptors (Lipinski definition) is 3. The molecule has 21 heavy (non-hydrogen) atoms. The highest BCUT2D eigenvalue weighted by atomic mass is 16.7. The van der Waals surface area contributed by atoms with Gasteiger partial charge in [0.2, 0.25) is 0 Å². The molecule has 0 fully saturated rings. The lowest BCUT2D eigenvalue weighted by atomic mass is 10.1. The van der Waals surface area contributed by atoms with Crippen LogP contribution in [0, 0.1) is 0 Å². The maximum atomic E-state index is 9.91. The molecule has 0 radical (unpaired) electrons. The van der Waals surface area contributed by atoms with Crippen molar-refractivity contribution >= 4 is 29.1 Å². The molecule has 0 aliphatic carbocycles. The van der Waals surface area contributed by atoms with E-state index < -0.39 is 12.9 Å². The molecule has 0 aliphatic heterocycles. The fraction of sp³-hybridized carbons (Fsp3) is 0.250. The molecule has 0 saturated heterocycles. The van der Waals surface area contributed by atoms with Crippen LogP contribution in [0.2, 0.25) is 0 Å².